The minimum absolute atomic E-state index is 0.0927. The van der Waals surface area contributed by atoms with Gasteiger partial charge in [-0.25, -0.2) is 0 Å². The summed E-state index contributed by atoms with van der Waals surface area (Å²) < 4.78 is 1.70. The first-order valence-electron chi connectivity index (χ1n) is 7.63. The van der Waals surface area contributed by atoms with E-state index >= 15 is 0 Å². The lowest BCUT2D eigenvalue weighted by atomic mass is 10.1. The highest BCUT2D eigenvalue weighted by Crippen LogP contribution is 2.19. The number of fused-ring (bicyclic) bond motifs is 1. The number of amides is 1. The van der Waals surface area contributed by atoms with E-state index in [9.17, 15) is 4.79 Å². The van der Waals surface area contributed by atoms with Crippen molar-refractivity contribution >= 4 is 22.9 Å². The van der Waals surface area contributed by atoms with Crippen LogP contribution in [0.25, 0.3) is 17.0 Å². The Hall–Kier alpha value is -2.82. The highest BCUT2D eigenvalue weighted by molar-refractivity contribution is 5.91. The first-order chi connectivity index (χ1) is 11.1. The average Bonchev–Trinajstić information content (AvgIpc) is 3.12. The topological polar surface area (TPSA) is 62.7 Å². The van der Waals surface area contributed by atoms with Crippen LogP contribution in [0.5, 0.6) is 0 Å². The van der Waals surface area contributed by atoms with E-state index < -0.39 is 0 Å². The number of H-pyrrole nitrogens is 1. The van der Waals surface area contributed by atoms with Crippen molar-refractivity contribution in [2.45, 2.75) is 13.3 Å². The van der Waals surface area contributed by atoms with Crippen molar-refractivity contribution in [3.63, 3.8) is 0 Å². The molecule has 0 bridgehead atoms. The zero-order chi connectivity index (χ0) is 16.2. The fourth-order valence-corrected chi connectivity index (χ4v) is 2.58. The number of carbonyl (C=O) groups is 1. The maximum atomic E-state index is 11.8. The van der Waals surface area contributed by atoms with Crippen molar-refractivity contribution in [1.29, 1.82) is 0 Å². The van der Waals surface area contributed by atoms with E-state index in [1.165, 1.54) is 22.6 Å². The molecule has 0 saturated heterocycles. The van der Waals surface area contributed by atoms with Gasteiger partial charge in [0, 0.05) is 48.5 Å². The number of aromatic nitrogens is 3. The van der Waals surface area contributed by atoms with E-state index in [1.54, 1.807) is 17.0 Å². The van der Waals surface area contributed by atoms with Gasteiger partial charge in [-0.3, -0.25) is 9.48 Å². The Bertz CT molecular complexity index is 857. The molecule has 0 atom stereocenters. The van der Waals surface area contributed by atoms with Crippen LogP contribution in [-0.2, 0) is 18.3 Å². The monoisotopic (exact) mass is 308 g/mol. The molecule has 2 aromatic heterocycles. The molecule has 0 aliphatic heterocycles. The smallest absolute Gasteiger partial charge is 0.244 e. The molecular formula is C18H20N4O. The van der Waals surface area contributed by atoms with Crippen molar-refractivity contribution in [3.8, 4) is 0 Å². The number of aryl methyl sites for hydroxylation is 2. The van der Waals surface area contributed by atoms with Gasteiger partial charge in [0.1, 0.15) is 0 Å². The molecule has 2 N–H and O–H groups in total. The van der Waals surface area contributed by atoms with Gasteiger partial charge in [0.05, 0.1) is 6.20 Å². The van der Waals surface area contributed by atoms with Gasteiger partial charge < -0.3 is 10.3 Å². The van der Waals surface area contributed by atoms with Crippen LogP contribution in [0.1, 0.15) is 16.7 Å². The largest absolute Gasteiger partial charge is 0.361 e. The molecule has 0 saturated carbocycles. The lowest BCUT2D eigenvalue weighted by molar-refractivity contribution is -0.116. The standard InChI is InChI=1S/C18H20N4O/c1-13-3-5-17-16(9-13)15(11-20-17)7-8-19-18(23)6-4-14-10-21-22(2)12-14/h3-6,9-12,20H,7-8H2,1-2H3,(H,19,23). The highest BCUT2D eigenvalue weighted by atomic mass is 16.1. The van der Waals surface area contributed by atoms with E-state index in [2.05, 4.69) is 40.5 Å². The summed E-state index contributed by atoms with van der Waals surface area (Å²) in [4.78, 5) is 15.1. The van der Waals surface area contributed by atoms with Gasteiger partial charge in [-0.1, -0.05) is 11.6 Å². The van der Waals surface area contributed by atoms with E-state index in [1.807, 2.05) is 19.4 Å². The van der Waals surface area contributed by atoms with Crippen LogP contribution in [0.3, 0.4) is 0 Å². The molecule has 118 valence electrons. The molecule has 1 amide bonds. The van der Waals surface area contributed by atoms with Gasteiger partial charge in [-0.05, 0) is 37.1 Å². The summed E-state index contributed by atoms with van der Waals surface area (Å²) in [6.45, 7) is 2.69. The Kier molecular flexibility index (Phi) is 4.28. The third-order valence-electron chi connectivity index (χ3n) is 3.77. The molecule has 3 rings (SSSR count). The SMILES string of the molecule is Cc1ccc2[nH]cc(CCNC(=O)C=Cc3cnn(C)c3)c2c1. The fourth-order valence-electron chi connectivity index (χ4n) is 2.58. The summed E-state index contributed by atoms with van der Waals surface area (Å²) in [6, 6.07) is 6.35. The minimum atomic E-state index is -0.0927. The molecule has 0 aliphatic carbocycles. The maximum absolute atomic E-state index is 11.8. The second-order valence-electron chi connectivity index (χ2n) is 5.68. The van der Waals surface area contributed by atoms with Gasteiger partial charge in [-0.2, -0.15) is 5.10 Å². The maximum Gasteiger partial charge on any atom is 0.244 e. The molecule has 0 unspecified atom stereocenters. The lowest BCUT2D eigenvalue weighted by Crippen LogP contribution is -2.23. The number of benzene rings is 1. The van der Waals surface area contributed by atoms with E-state index in [-0.39, 0.29) is 5.91 Å². The molecule has 3 aromatic rings. The van der Waals surface area contributed by atoms with Crippen molar-refractivity contribution in [2.75, 3.05) is 6.54 Å². The molecule has 0 aliphatic rings. The van der Waals surface area contributed by atoms with Crippen molar-refractivity contribution in [1.82, 2.24) is 20.1 Å². The Morgan fingerprint density at radius 3 is 3.09 bits per heavy atom. The molecular weight excluding hydrogens is 288 g/mol. The Morgan fingerprint density at radius 1 is 1.43 bits per heavy atom. The van der Waals surface area contributed by atoms with Crippen LogP contribution in [0.15, 0.2) is 42.9 Å². The summed E-state index contributed by atoms with van der Waals surface area (Å²) in [5, 5.41) is 8.19. The first kappa shape index (κ1) is 15.1. The third kappa shape index (κ3) is 3.69. The van der Waals surface area contributed by atoms with Crippen LogP contribution < -0.4 is 5.32 Å². The Labute approximate surface area is 135 Å². The van der Waals surface area contributed by atoms with Gasteiger partial charge >= 0.3 is 0 Å². The predicted octanol–water partition coefficient (Wildman–Crippen LogP) is 2.58. The Balaban J connectivity index is 1.55. The van der Waals surface area contributed by atoms with Crippen LogP contribution in [0.2, 0.25) is 0 Å². The summed E-state index contributed by atoms with van der Waals surface area (Å²) in [5.74, 6) is -0.0927. The molecule has 5 nitrogen and oxygen atoms in total. The second kappa shape index (κ2) is 6.52. The number of nitrogens with one attached hydrogen (secondary N) is 2. The van der Waals surface area contributed by atoms with E-state index in [4.69, 9.17) is 0 Å². The quantitative estimate of drug-likeness (QED) is 0.712. The zero-order valence-corrected chi connectivity index (χ0v) is 13.3. The lowest BCUT2D eigenvalue weighted by Gasteiger charge is -2.02. The third-order valence-corrected chi connectivity index (χ3v) is 3.77. The molecule has 0 spiro atoms. The van der Waals surface area contributed by atoms with E-state index in [0.717, 1.165) is 17.5 Å². The summed E-state index contributed by atoms with van der Waals surface area (Å²) in [5.41, 5.74) is 4.50. The Morgan fingerprint density at radius 2 is 2.30 bits per heavy atom. The normalized spacial score (nSPS) is 11.4. The zero-order valence-electron chi connectivity index (χ0n) is 13.3. The van der Waals surface area contributed by atoms with E-state index in [0.29, 0.717) is 6.54 Å². The molecule has 1 aromatic carbocycles. The van der Waals surface area contributed by atoms with Crippen molar-refractivity contribution < 1.29 is 4.79 Å². The molecule has 23 heavy (non-hydrogen) atoms. The number of aromatic amines is 1. The van der Waals surface area contributed by atoms with Crippen LogP contribution in [0.4, 0.5) is 0 Å². The van der Waals surface area contributed by atoms with Crippen molar-refractivity contribution in [3.05, 3.63) is 59.6 Å². The van der Waals surface area contributed by atoms with Crippen molar-refractivity contribution in [2.24, 2.45) is 7.05 Å². The number of hydrogen-bond acceptors (Lipinski definition) is 2. The van der Waals surface area contributed by atoms with Gasteiger partial charge in [0.2, 0.25) is 5.91 Å². The van der Waals surface area contributed by atoms with Crippen LogP contribution in [-0.4, -0.2) is 27.2 Å². The van der Waals surface area contributed by atoms with Crippen LogP contribution in [0, 0.1) is 6.92 Å². The summed E-state index contributed by atoms with van der Waals surface area (Å²) in [7, 11) is 1.85. The number of rotatable bonds is 5. The van der Waals surface area contributed by atoms with Gasteiger partial charge in [-0.15, -0.1) is 0 Å². The fraction of sp³-hybridized carbons (Fsp3) is 0.222. The summed E-state index contributed by atoms with van der Waals surface area (Å²) >= 11 is 0. The molecule has 2 heterocycles. The molecule has 0 radical (unpaired) electrons. The molecule has 0 fully saturated rings. The van der Waals surface area contributed by atoms with Gasteiger partial charge in [0.25, 0.3) is 0 Å². The number of hydrogen-bond donors (Lipinski definition) is 2. The van der Waals surface area contributed by atoms with Gasteiger partial charge in [0.15, 0.2) is 0 Å². The van der Waals surface area contributed by atoms with Crippen LogP contribution >= 0.6 is 0 Å². The minimum Gasteiger partial charge on any atom is -0.361 e. The number of carbonyl (C=O) groups excluding carboxylic acids is 1. The predicted molar refractivity (Wildman–Crippen MR) is 92.0 cm³/mol. The summed E-state index contributed by atoms with van der Waals surface area (Å²) in [6.07, 6.45) is 9.70. The first-order valence-corrected chi connectivity index (χ1v) is 7.63. The molecule has 5 heteroatoms. The second-order valence-corrected chi connectivity index (χ2v) is 5.68. The average molecular weight is 308 g/mol. The number of nitrogens with zero attached hydrogens (tertiary/aromatic N) is 2. The highest BCUT2D eigenvalue weighted by Gasteiger charge is 2.04.